The molecule has 0 unspecified atom stereocenters. The smallest absolute Gasteiger partial charge is 0.0326 e. The van der Waals surface area contributed by atoms with Crippen molar-refractivity contribution < 1.29 is 0 Å². The monoisotopic (exact) mass is 595 g/mol. The zero-order valence-electron chi connectivity index (χ0n) is 29.6. The Kier molecular flexibility index (Phi) is 38.9. The summed E-state index contributed by atoms with van der Waals surface area (Å²) in [5.74, 6) is 0. The van der Waals surface area contributed by atoms with Crippen LogP contribution >= 0.6 is 7.92 Å². The van der Waals surface area contributed by atoms with Crippen LogP contribution in [0.25, 0.3) is 0 Å². The summed E-state index contributed by atoms with van der Waals surface area (Å²) in [5.41, 5.74) is 0. The van der Waals surface area contributed by atoms with Crippen LogP contribution in [0.15, 0.2) is 0 Å². The molecule has 0 bridgehead atoms. The van der Waals surface area contributed by atoms with Gasteiger partial charge < -0.3 is 0 Å². The molecule has 41 heavy (non-hydrogen) atoms. The van der Waals surface area contributed by atoms with Gasteiger partial charge in [-0.25, -0.2) is 0 Å². The second-order valence-electron chi connectivity index (χ2n) is 13.8. The van der Waals surface area contributed by atoms with Crippen molar-refractivity contribution >= 4 is 7.92 Å². The summed E-state index contributed by atoms with van der Waals surface area (Å²) in [5, 5.41) is 0. The van der Waals surface area contributed by atoms with Gasteiger partial charge >= 0.3 is 0 Å². The Morgan fingerprint density at radius 1 is 0.195 bits per heavy atom. The molecule has 0 aromatic heterocycles. The average molecular weight is 595 g/mol. The van der Waals surface area contributed by atoms with E-state index in [9.17, 15) is 0 Å². The molecule has 0 heterocycles. The first-order valence-corrected chi connectivity index (χ1v) is 22.0. The summed E-state index contributed by atoms with van der Waals surface area (Å²) in [6, 6.07) is 0. The van der Waals surface area contributed by atoms with E-state index in [0.29, 0.717) is 7.92 Å². The maximum atomic E-state index is 2.39. The second-order valence-corrected chi connectivity index (χ2v) is 16.5. The molecule has 0 saturated heterocycles. The van der Waals surface area contributed by atoms with Gasteiger partial charge in [0, 0.05) is 0 Å². The van der Waals surface area contributed by atoms with Crippen LogP contribution in [0.3, 0.4) is 0 Å². The third-order valence-corrected chi connectivity index (χ3v) is 12.3. The first-order valence-electron chi connectivity index (χ1n) is 20.1. The lowest BCUT2D eigenvalue weighted by molar-refractivity contribution is 0.531. The van der Waals surface area contributed by atoms with E-state index in [2.05, 4.69) is 20.8 Å². The van der Waals surface area contributed by atoms with E-state index in [-0.39, 0.29) is 0 Å². The first kappa shape index (κ1) is 41.4. The van der Waals surface area contributed by atoms with Crippen molar-refractivity contribution in [3.63, 3.8) is 0 Å². The standard InChI is InChI=1S/C40H83P/c1-4-7-10-12-14-16-18-20-22-24-26-28-30-32-34-36-39-41(38-9-6-3)40-37-35-33-31-29-27-25-23-21-19-17-15-13-11-8-5-2/h4-40H2,1-3H3. The molecule has 0 N–H and O–H groups in total. The molecule has 0 rings (SSSR count). The van der Waals surface area contributed by atoms with Crippen molar-refractivity contribution in [3.05, 3.63) is 0 Å². The van der Waals surface area contributed by atoms with Crippen molar-refractivity contribution in [2.45, 2.75) is 239 Å². The highest BCUT2D eigenvalue weighted by Crippen LogP contribution is 2.39. The zero-order chi connectivity index (χ0) is 29.7. The molecule has 0 spiro atoms. The summed E-state index contributed by atoms with van der Waals surface area (Å²) >= 11 is 0. The quantitative estimate of drug-likeness (QED) is 0.0495. The highest BCUT2D eigenvalue weighted by atomic mass is 31.1. The van der Waals surface area contributed by atoms with Crippen molar-refractivity contribution in [1.29, 1.82) is 0 Å². The van der Waals surface area contributed by atoms with Crippen LogP contribution in [0.2, 0.25) is 0 Å². The van der Waals surface area contributed by atoms with Crippen molar-refractivity contribution in [1.82, 2.24) is 0 Å². The Balaban J connectivity index is 3.44. The first-order chi connectivity index (χ1) is 20.3. The predicted molar refractivity (Wildman–Crippen MR) is 196 cm³/mol. The fourth-order valence-electron chi connectivity index (χ4n) is 6.48. The molecule has 0 fully saturated rings. The van der Waals surface area contributed by atoms with Gasteiger partial charge in [-0.05, 0) is 37.7 Å². The summed E-state index contributed by atoms with van der Waals surface area (Å²) in [6.45, 7) is 7.01. The fraction of sp³-hybridized carbons (Fsp3) is 1.00. The third kappa shape index (κ3) is 36.5. The third-order valence-electron chi connectivity index (χ3n) is 9.48. The van der Waals surface area contributed by atoms with E-state index >= 15 is 0 Å². The van der Waals surface area contributed by atoms with Gasteiger partial charge in [-0.2, -0.15) is 0 Å². The average Bonchev–Trinajstić information content (AvgIpc) is 2.98. The zero-order valence-corrected chi connectivity index (χ0v) is 30.5. The van der Waals surface area contributed by atoms with Crippen LogP contribution in [0, 0.1) is 0 Å². The molecular formula is C40H83P. The Bertz CT molecular complexity index is 397. The molecular weight excluding hydrogens is 511 g/mol. The van der Waals surface area contributed by atoms with Gasteiger partial charge in [-0.3, -0.25) is 0 Å². The molecule has 0 aromatic rings. The normalized spacial score (nSPS) is 11.7. The SMILES string of the molecule is CCCCCCCCCCCCCCCCCCP(CCCC)CCCCCCCCCCCCCCCCCC. The summed E-state index contributed by atoms with van der Waals surface area (Å²) in [6.07, 6.45) is 55.2. The van der Waals surface area contributed by atoms with Crippen molar-refractivity contribution in [3.8, 4) is 0 Å². The molecule has 0 amide bonds. The minimum absolute atomic E-state index is 0.348. The Labute approximate surface area is 264 Å². The van der Waals surface area contributed by atoms with Gasteiger partial charge in [0.1, 0.15) is 0 Å². The minimum atomic E-state index is 0.348. The molecule has 0 aliphatic heterocycles. The van der Waals surface area contributed by atoms with E-state index in [1.807, 2.05) is 0 Å². The van der Waals surface area contributed by atoms with E-state index in [4.69, 9.17) is 0 Å². The van der Waals surface area contributed by atoms with Crippen LogP contribution in [-0.4, -0.2) is 18.5 Å². The minimum Gasteiger partial charge on any atom is -0.107 e. The molecule has 0 radical (unpaired) electrons. The Morgan fingerprint density at radius 3 is 0.585 bits per heavy atom. The van der Waals surface area contributed by atoms with Gasteiger partial charge in [0.2, 0.25) is 0 Å². The van der Waals surface area contributed by atoms with E-state index in [1.54, 1.807) is 18.5 Å². The molecule has 1 heteroatoms. The molecule has 0 atom stereocenters. The van der Waals surface area contributed by atoms with Crippen LogP contribution < -0.4 is 0 Å². The number of rotatable bonds is 37. The van der Waals surface area contributed by atoms with Crippen molar-refractivity contribution in [2.24, 2.45) is 0 Å². The lowest BCUT2D eigenvalue weighted by Crippen LogP contribution is -1.97. The van der Waals surface area contributed by atoms with Gasteiger partial charge in [-0.1, -0.05) is 220 Å². The lowest BCUT2D eigenvalue weighted by atomic mass is 10.0. The van der Waals surface area contributed by atoms with Gasteiger partial charge in [0.05, 0.1) is 0 Å². The highest BCUT2D eigenvalue weighted by Gasteiger charge is 2.07. The van der Waals surface area contributed by atoms with Gasteiger partial charge in [0.15, 0.2) is 0 Å². The van der Waals surface area contributed by atoms with Crippen LogP contribution in [0.4, 0.5) is 0 Å². The van der Waals surface area contributed by atoms with Crippen LogP contribution in [0.1, 0.15) is 239 Å². The van der Waals surface area contributed by atoms with Crippen LogP contribution in [-0.2, 0) is 0 Å². The number of unbranched alkanes of at least 4 members (excludes halogenated alkanes) is 31. The molecule has 0 aromatic carbocycles. The Morgan fingerprint density at radius 2 is 0.366 bits per heavy atom. The van der Waals surface area contributed by atoms with E-state index in [0.717, 1.165) is 0 Å². The maximum Gasteiger partial charge on any atom is -0.0326 e. The van der Waals surface area contributed by atoms with Gasteiger partial charge in [-0.15, -0.1) is 7.92 Å². The number of hydrogen-bond donors (Lipinski definition) is 0. The maximum absolute atomic E-state index is 2.39. The van der Waals surface area contributed by atoms with Gasteiger partial charge in [0.25, 0.3) is 0 Å². The van der Waals surface area contributed by atoms with Crippen LogP contribution in [0.5, 0.6) is 0 Å². The fourth-order valence-corrected chi connectivity index (χ4v) is 9.26. The molecule has 0 nitrogen and oxygen atoms in total. The lowest BCUT2D eigenvalue weighted by Gasteiger charge is -2.17. The summed E-state index contributed by atoms with van der Waals surface area (Å²) < 4.78 is 0. The molecule has 248 valence electrons. The predicted octanol–water partition coefficient (Wildman–Crippen LogP) is 15.8. The highest BCUT2D eigenvalue weighted by molar-refractivity contribution is 7.57. The Hall–Kier alpha value is 0.430. The molecule has 0 aliphatic rings. The van der Waals surface area contributed by atoms with Crippen molar-refractivity contribution in [2.75, 3.05) is 18.5 Å². The second kappa shape index (κ2) is 38.5. The molecule has 0 saturated carbocycles. The van der Waals surface area contributed by atoms with E-state index in [1.165, 1.54) is 218 Å². The largest absolute Gasteiger partial charge is 0.107 e. The number of hydrogen-bond acceptors (Lipinski definition) is 0. The summed E-state index contributed by atoms with van der Waals surface area (Å²) in [4.78, 5) is 0. The van der Waals surface area contributed by atoms with E-state index < -0.39 is 0 Å². The topological polar surface area (TPSA) is 0 Å². The summed E-state index contributed by atoms with van der Waals surface area (Å²) in [7, 11) is 0.348. The molecule has 0 aliphatic carbocycles.